The summed E-state index contributed by atoms with van der Waals surface area (Å²) in [6.45, 7) is 1.62. The molecule has 0 heterocycles. The molecule has 6 atom stereocenters. The van der Waals surface area contributed by atoms with Crippen LogP contribution >= 0.6 is 0 Å². The number of anilines is 2. The minimum absolute atomic E-state index is 0.145. The lowest BCUT2D eigenvalue weighted by Gasteiger charge is -2.53. The first-order valence-corrected chi connectivity index (χ1v) is 14.5. The van der Waals surface area contributed by atoms with Gasteiger partial charge in [-0.05, 0) is 43.1 Å². The first-order valence-electron chi connectivity index (χ1n) is 14.5. The number of hydrogen-bond acceptors (Lipinski definition) is 10. The van der Waals surface area contributed by atoms with Gasteiger partial charge < -0.3 is 41.9 Å². The molecule has 6 rings (SSSR count). The number of phenols is 1. The van der Waals surface area contributed by atoms with Gasteiger partial charge >= 0.3 is 6.03 Å². The molecule has 3 amide bonds. The number of ketones is 2. The molecular formula is C33H32N4O9. The molecule has 238 valence electrons. The van der Waals surface area contributed by atoms with Gasteiger partial charge in [-0.25, -0.2) is 4.79 Å². The number of aromatic hydroxyl groups is 1. The number of benzene rings is 3. The molecule has 3 aromatic rings. The van der Waals surface area contributed by atoms with Crippen LogP contribution in [-0.4, -0.2) is 85.8 Å². The van der Waals surface area contributed by atoms with Gasteiger partial charge in [0.2, 0.25) is 5.78 Å². The maximum Gasteiger partial charge on any atom is 0.323 e. The number of fused-ring (bicyclic) bond motifs is 4. The average molecular weight is 629 g/mol. The van der Waals surface area contributed by atoms with Crippen molar-refractivity contribution >= 4 is 45.7 Å². The van der Waals surface area contributed by atoms with Gasteiger partial charge in [0.05, 0.1) is 35.0 Å². The molecule has 3 aliphatic carbocycles. The molecule has 0 fully saturated rings. The summed E-state index contributed by atoms with van der Waals surface area (Å²) in [6.07, 6.45) is -1.71. The number of nitrogens with zero attached hydrogens (tertiary/aromatic N) is 1. The second-order valence-corrected chi connectivity index (χ2v) is 12.1. The molecule has 3 aromatic carbocycles. The molecule has 0 aliphatic heterocycles. The lowest BCUT2D eigenvalue weighted by Crippen LogP contribution is -2.68. The number of primary amides is 1. The number of likely N-dealkylation sites (N-methyl/N-ethyl adjacent to an activating group) is 1. The van der Waals surface area contributed by atoms with Crippen LogP contribution in [-0.2, 0) is 9.59 Å². The Labute approximate surface area is 262 Å². The monoisotopic (exact) mass is 628 g/mol. The largest absolute Gasteiger partial charge is 0.510 e. The lowest BCUT2D eigenvalue weighted by molar-refractivity contribution is -0.162. The number of carbonyl (C=O) groups is 4. The molecule has 13 nitrogen and oxygen atoms in total. The normalized spacial score (nSPS) is 27.3. The molecule has 0 aromatic heterocycles. The summed E-state index contributed by atoms with van der Waals surface area (Å²) in [5.74, 6) is -9.99. The first kappa shape index (κ1) is 30.8. The van der Waals surface area contributed by atoms with Crippen LogP contribution in [0.25, 0.3) is 10.8 Å². The first-order chi connectivity index (χ1) is 21.7. The second kappa shape index (κ2) is 10.7. The van der Waals surface area contributed by atoms with E-state index in [2.05, 4.69) is 10.6 Å². The number of amides is 3. The van der Waals surface area contributed by atoms with Crippen molar-refractivity contribution in [3.05, 3.63) is 88.4 Å². The highest BCUT2D eigenvalue weighted by molar-refractivity contribution is 6.25. The van der Waals surface area contributed by atoms with Crippen LogP contribution in [0.1, 0.15) is 28.8 Å². The summed E-state index contributed by atoms with van der Waals surface area (Å²) in [6, 6.07) is 13.6. The quantitative estimate of drug-likeness (QED) is 0.156. The van der Waals surface area contributed by atoms with Crippen LogP contribution < -0.4 is 16.4 Å². The molecule has 13 heteroatoms. The Balaban J connectivity index is 1.42. The predicted molar refractivity (Wildman–Crippen MR) is 166 cm³/mol. The lowest BCUT2D eigenvalue weighted by atomic mass is 9.55. The van der Waals surface area contributed by atoms with Gasteiger partial charge in [0.1, 0.15) is 17.1 Å². The van der Waals surface area contributed by atoms with Crippen LogP contribution in [0.4, 0.5) is 16.2 Å². The minimum atomic E-state index is -3.02. The van der Waals surface area contributed by atoms with E-state index in [0.29, 0.717) is 5.69 Å². The number of urea groups is 1. The maximum atomic E-state index is 14.1. The van der Waals surface area contributed by atoms with E-state index in [9.17, 15) is 44.7 Å². The molecule has 0 saturated carbocycles. The van der Waals surface area contributed by atoms with Crippen molar-refractivity contribution in [2.24, 2.45) is 17.6 Å². The van der Waals surface area contributed by atoms with Crippen molar-refractivity contribution < 1.29 is 44.7 Å². The summed E-state index contributed by atoms with van der Waals surface area (Å²) >= 11 is 0. The van der Waals surface area contributed by atoms with Crippen molar-refractivity contribution in [3.63, 3.8) is 0 Å². The highest BCUT2D eigenvalue weighted by Crippen LogP contribution is 2.56. The van der Waals surface area contributed by atoms with E-state index in [4.69, 9.17) is 5.73 Å². The fraction of sp³-hybridized carbons (Fsp3) is 0.273. The standard InChI is InChI=1S/C33H32N4O9/c1-13-15-11-12-18(36-32(45)35-17-10-6-8-14-7-4-5-9-16(14)17)25(38)20(15)26(39)21-19(13)27(40)23-24(37(2)3)28(41)22(31(34)44)30(43)33(23,46)29(21)42/h4-13,19,23-24,27,38,40-42,46H,1-3H3,(H2,34,44)(H2,35,36,45)/t13-,19+,23+,24-,27-,33-/m0/s1. The third kappa shape index (κ3) is 4.20. The molecular weight excluding hydrogens is 596 g/mol. The van der Waals surface area contributed by atoms with Crippen LogP contribution in [0.15, 0.2) is 77.3 Å². The van der Waals surface area contributed by atoms with E-state index >= 15 is 0 Å². The van der Waals surface area contributed by atoms with Gasteiger partial charge in [0, 0.05) is 16.9 Å². The van der Waals surface area contributed by atoms with E-state index in [-0.39, 0.29) is 16.8 Å². The summed E-state index contributed by atoms with van der Waals surface area (Å²) in [4.78, 5) is 54.2. The van der Waals surface area contributed by atoms with Crippen LogP contribution in [0.2, 0.25) is 0 Å². The average Bonchev–Trinajstić information content (AvgIpc) is 3.00. The Kier molecular flexibility index (Phi) is 7.15. The maximum absolute atomic E-state index is 14.1. The summed E-state index contributed by atoms with van der Waals surface area (Å²) < 4.78 is 0. The predicted octanol–water partition coefficient (Wildman–Crippen LogP) is 2.45. The van der Waals surface area contributed by atoms with Crippen molar-refractivity contribution in [2.45, 2.75) is 30.6 Å². The molecule has 0 bridgehead atoms. The number of nitrogens with two attached hydrogens (primary N) is 1. The van der Waals surface area contributed by atoms with Crippen LogP contribution in [0.5, 0.6) is 5.75 Å². The van der Waals surface area contributed by atoms with Crippen LogP contribution in [0, 0.1) is 11.8 Å². The van der Waals surface area contributed by atoms with Gasteiger partial charge in [0.25, 0.3) is 5.91 Å². The molecule has 46 heavy (non-hydrogen) atoms. The topological polar surface area (TPSA) is 223 Å². The summed E-state index contributed by atoms with van der Waals surface area (Å²) in [7, 11) is 2.93. The van der Waals surface area contributed by atoms with E-state index in [1.807, 2.05) is 30.3 Å². The number of carbonyl (C=O) groups excluding carboxylic acids is 4. The van der Waals surface area contributed by atoms with E-state index in [0.717, 1.165) is 10.8 Å². The Morgan fingerprint density at radius 3 is 2.26 bits per heavy atom. The summed E-state index contributed by atoms with van der Waals surface area (Å²) in [5, 5.41) is 64.2. The fourth-order valence-corrected chi connectivity index (χ4v) is 7.33. The number of phenolic OH excluding ortho intramolecular Hbond substituents is 1. The van der Waals surface area contributed by atoms with Gasteiger partial charge in [0.15, 0.2) is 17.1 Å². The Morgan fingerprint density at radius 2 is 1.59 bits per heavy atom. The second-order valence-electron chi connectivity index (χ2n) is 12.1. The third-order valence-electron chi connectivity index (χ3n) is 9.42. The number of aliphatic hydroxyl groups excluding tert-OH is 3. The molecule has 0 radical (unpaired) electrons. The van der Waals surface area contributed by atoms with Crippen molar-refractivity contribution in [1.82, 2.24) is 4.90 Å². The number of aliphatic hydroxyl groups is 4. The Bertz CT molecular complexity index is 1930. The van der Waals surface area contributed by atoms with Crippen molar-refractivity contribution in [2.75, 3.05) is 24.7 Å². The molecule has 0 unspecified atom stereocenters. The Morgan fingerprint density at radius 1 is 0.935 bits per heavy atom. The number of hydrogen-bond donors (Lipinski definition) is 8. The van der Waals surface area contributed by atoms with E-state index in [1.165, 1.54) is 31.1 Å². The minimum Gasteiger partial charge on any atom is -0.510 e. The zero-order valence-corrected chi connectivity index (χ0v) is 25.0. The highest BCUT2D eigenvalue weighted by Gasteiger charge is 2.67. The zero-order chi connectivity index (χ0) is 33.4. The number of rotatable bonds is 4. The summed E-state index contributed by atoms with van der Waals surface area (Å²) in [5.41, 5.74) is 1.13. The highest BCUT2D eigenvalue weighted by atomic mass is 16.4. The molecule has 3 aliphatic rings. The molecule has 0 spiro atoms. The number of nitrogens with one attached hydrogen (secondary N) is 2. The third-order valence-corrected chi connectivity index (χ3v) is 9.42. The van der Waals surface area contributed by atoms with Gasteiger partial charge in [-0.3, -0.25) is 19.3 Å². The van der Waals surface area contributed by atoms with Gasteiger partial charge in [-0.1, -0.05) is 49.4 Å². The number of Topliss-reactive ketones (excluding diaryl/α,β-unsaturated/α-hetero) is 2. The van der Waals surface area contributed by atoms with Gasteiger partial charge in [-0.15, -0.1) is 0 Å². The Hall–Kier alpha value is -5.24. The molecule has 0 saturated heterocycles. The SMILES string of the molecule is C[C@H]1c2ccc(NC(=O)Nc3cccc4ccccc34)c(O)c2C(=O)C2=C(O)[C@]3(O)C(=O)C(C(N)=O)=C(O)[C@@H](N(C)C)[C@@H]3[C@@H](O)[C@@H]21. The molecule has 9 N–H and O–H groups in total. The van der Waals surface area contributed by atoms with Crippen LogP contribution in [0.3, 0.4) is 0 Å². The zero-order valence-electron chi connectivity index (χ0n) is 25.0. The van der Waals surface area contributed by atoms with E-state index < -0.39 is 87.4 Å². The van der Waals surface area contributed by atoms with Crippen molar-refractivity contribution in [1.29, 1.82) is 0 Å². The van der Waals surface area contributed by atoms with E-state index in [1.54, 1.807) is 19.1 Å². The van der Waals surface area contributed by atoms with Crippen molar-refractivity contribution in [3.8, 4) is 5.75 Å². The van der Waals surface area contributed by atoms with Gasteiger partial charge in [-0.2, -0.15) is 0 Å². The fourth-order valence-electron chi connectivity index (χ4n) is 7.33. The smallest absolute Gasteiger partial charge is 0.323 e.